The van der Waals surface area contributed by atoms with Gasteiger partial charge in [0.25, 0.3) is 10.0 Å². The van der Waals surface area contributed by atoms with Gasteiger partial charge in [-0.15, -0.1) is 0 Å². The van der Waals surface area contributed by atoms with Crippen molar-refractivity contribution in [2.75, 3.05) is 0 Å². The van der Waals surface area contributed by atoms with Crippen molar-refractivity contribution in [1.29, 1.82) is 0 Å². The molecule has 19 heavy (non-hydrogen) atoms. The van der Waals surface area contributed by atoms with Gasteiger partial charge in [-0.2, -0.15) is 13.8 Å². The molecule has 1 aromatic heterocycles. The van der Waals surface area contributed by atoms with Crippen molar-refractivity contribution in [3.63, 3.8) is 0 Å². The largest absolute Gasteiger partial charge is 0.313 e. The van der Waals surface area contributed by atoms with Crippen LogP contribution in [0, 0.1) is 0 Å². The Bertz CT molecular complexity index is 553. The lowest BCUT2D eigenvalue weighted by atomic mass is 9.95. The molecule has 7 nitrogen and oxygen atoms in total. The van der Waals surface area contributed by atoms with Crippen molar-refractivity contribution in [2.24, 2.45) is 0 Å². The number of nitrogens with zero attached hydrogens (tertiary/aromatic N) is 3. The molecule has 1 atom stereocenters. The summed E-state index contributed by atoms with van der Waals surface area (Å²) in [4.78, 5) is 0. The van der Waals surface area contributed by atoms with E-state index in [0.717, 1.165) is 11.7 Å². The van der Waals surface area contributed by atoms with E-state index in [1.54, 1.807) is 13.8 Å². The number of hydroxylamine groups is 2. The Morgan fingerprint density at radius 2 is 2.11 bits per heavy atom. The Balaban J connectivity index is 2.26. The maximum absolute atomic E-state index is 12.1. The van der Waals surface area contributed by atoms with Crippen molar-refractivity contribution < 1.29 is 13.6 Å². The van der Waals surface area contributed by atoms with E-state index >= 15 is 0 Å². The number of nitrogens with one attached hydrogen (secondary N) is 1. The quantitative estimate of drug-likeness (QED) is 0.859. The number of sulfonamides is 1. The lowest BCUT2D eigenvalue weighted by Gasteiger charge is -2.35. The third-order valence-electron chi connectivity index (χ3n) is 3.59. The zero-order valence-electron chi connectivity index (χ0n) is 11.3. The standard InChI is InChI=1S/C10H18N4O3S2/c1-9(2)5-7(10(3,4)14(9)15)13-19(16,17)8-6-11-18-12-8/h6-7,13,15H,5H2,1-4H3. The van der Waals surface area contributed by atoms with E-state index in [-0.39, 0.29) is 5.03 Å². The lowest BCUT2D eigenvalue weighted by molar-refractivity contribution is -0.193. The second-order valence-corrected chi connectivity index (χ2v) is 8.12. The summed E-state index contributed by atoms with van der Waals surface area (Å²) in [6.45, 7) is 7.34. The van der Waals surface area contributed by atoms with Crippen molar-refractivity contribution in [2.45, 2.75) is 56.3 Å². The summed E-state index contributed by atoms with van der Waals surface area (Å²) in [5.74, 6) is 0. The summed E-state index contributed by atoms with van der Waals surface area (Å²) >= 11 is 0.846. The van der Waals surface area contributed by atoms with Crippen molar-refractivity contribution in [1.82, 2.24) is 18.5 Å². The van der Waals surface area contributed by atoms with Gasteiger partial charge in [-0.05, 0) is 34.1 Å². The first-order valence-electron chi connectivity index (χ1n) is 5.86. The first-order chi connectivity index (χ1) is 8.57. The smallest absolute Gasteiger partial charge is 0.261 e. The Morgan fingerprint density at radius 3 is 2.53 bits per heavy atom. The number of aromatic nitrogens is 2. The highest BCUT2D eigenvalue weighted by Gasteiger charge is 2.52. The minimum atomic E-state index is -3.70. The van der Waals surface area contributed by atoms with E-state index in [2.05, 4.69) is 13.5 Å². The van der Waals surface area contributed by atoms with Crippen LogP contribution in [0.3, 0.4) is 0 Å². The second-order valence-electron chi connectivity index (χ2n) is 5.90. The highest BCUT2D eigenvalue weighted by Crippen LogP contribution is 2.39. The predicted molar refractivity (Wildman–Crippen MR) is 70.4 cm³/mol. The van der Waals surface area contributed by atoms with Gasteiger partial charge in [0.15, 0.2) is 0 Å². The Hall–Kier alpha value is -0.610. The first kappa shape index (κ1) is 14.8. The molecule has 1 fully saturated rings. The van der Waals surface area contributed by atoms with Crippen LogP contribution in [-0.4, -0.2) is 44.6 Å². The van der Waals surface area contributed by atoms with Gasteiger partial charge in [0.1, 0.15) is 0 Å². The monoisotopic (exact) mass is 306 g/mol. The molecule has 0 saturated carbocycles. The van der Waals surface area contributed by atoms with Crippen LogP contribution in [0.4, 0.5) is 0 Å². The van der Waals surface area contributed by atoms with Crippen LogP contribution in [0.1, 0.15) is 34.1 Å². The Morgan fingerprint density at radius 1 is 1.47 bits per heavy atom. The lowest BCUT2D eigenvalue weighted by Crippen LogP contribution is -2.53. The Kier molecular flexibility index (Phi) is 3.47. The van der Waals surface area contributed by atoms with Gasteiger partial charge in [-0.3, -0.25) is 0 Å². The zero-order valence-corrected chi connectivity index (χ0v) is 12.9. The number of hydrogen-bond donors (Lipinski definition) is 2. The van der Waals surface area contributed by atoms with Crippen LogP contribution in [0.15, 0.2) is 11.2 Å². The molecule has 0 amide bonds. The SMILES string of the molecule is CC1(C)CC(NS(=O)(=O)c2cnsn2)C(C)(C)N1O. The molecule has 1 aliphatic heterocycles. The molecule has 1 aliphatic rings. The summed E-state index contributed by atoms with van der Waals surface area (Å²) in [5, 5.41) is 11.3. The fourth-order valence-corrected chi connectivity index (χ4v) is 4.41. The van der Waals surface area contributed by atoms with Crippen LogP contribution in [0.2, 0.25) is 0 Å². The van der Waals surface area contributed by atoms with Gasteiger partial charge in [-0.1, -0.05) is 0 Å². The van der Waals surface area contributed by atoms with Gasteiger partial charge in [0.2, 0.25) is 5.03 Å². The minimum Gasteiger partial charge on any atom is -0.313 e. The van der Waals surface area contributed by atoms with E-state index in [0.29, 0.717) is 6.42 Å². The molecule has 108 valence electrons. The Labute approximate surface area is 117 Å². The molecule has 1 unspecified atom stereocenters. The molecule has 0 aliphatic carbocycles. The average Bonchev–Trinajstić information content (AvgIpc) is 2.84. The van der Waals surface area contributed by atoms with E-state index in [9.17, 15) is 13.6 Å². The van der Waals surface area contributed by atoms with Crippen LogP contribution in [-0.2, 0) is 10.0 Å². The summed E-state index contributed by atoms with van der Waals surface area (Å²) in [7, 11) is -3.70. The zero-order chi connectivity index (χ0) is 14.5. The average molecular weight is 306 g/mol. The van der Waals surface area contributed by atoms with Crippen molar-refractivity contribution in [3.8, 4) is 0 Å². The number of rotatable bonds is 3. The molecule has 2 heterocycles. The van der Waals surface area contributed by atoms with E-state index < -0.39 is 27.1 Å². The highest BCUT2D eigenvalue weighted by molar-refractivity contribution is 7.89. The van der Waals surface area contributed by atoms with Gasteiger partial charge in [0.05, 0.1) is 23.5 Å². The van der Waals surface area contributed by atoms with Gasteiger partial charge < -0.3 is 5.21 Å². The van der Waals surface area contributed by atoms with Crippen molar-refractivity contribution >= 4 is 21.8 Å². The summed E-state index contributed by atoms with van der Waals surface area (Å²) in [5.41, 5.74) is -1.18. The molecule has 0 radical (unpaired) electrons. The van der Waals surface area contributed by atoms with Crippen molar-refractivity contribution in [3.05, 3.63) is 6.20 Å². The van der Waals surface area contributed by atoms with E-state index in [1.165, 1.54) is 11.3 Å². The number of hydrogen-bond acceptors (Lipinski definition) is 7. The van der Waals surface area contributed by atoms with Gasteiger partial charge >= 0.3 is 0 Å². The van der Waals surface area contributed by atoms with Crippen LogP contribution >= 0.6 is 11.7 Å². The molecule has 9 heteroatoms. The van der Waals surface area contributed by atoms with Gasteiger partial charge in [-0.25, -0.2) is 13.1 Å². The second kappa shape index (κ2) is 4.45. The molecular formula is C10H18N4O3S2. The maximum Gasteiger partial charge on any atom is 0.261 e. The molecule has 2 rings (SSSR count). The van der Waals surface area contributed by atoms with Crippen LogP contribution in [0.25, 0.3) is 0 Å². The fraction of sp³-hybridized carbons (Fsp3) is 0.800. The molecule has 0 spiro atoms. The molecule has 1 aromatic rings. The minimum absolute atomic E-state index is 0.0810. The summed E-state index contributed by atoms with van der Waals surface area (Å²) in [6, 6.07) is -0.404. The summed E-state index contributed by atoms with van der Waals surface area (Å²) in [6.07, 6.45) is 1.73. The van der Waals surface area contributed by atoms with Crippen LogP contribution in [0.5, 0.6) is 0 Å². The van der Waals surface area contributed by atoms with Crippen LogP contribution < -0.4 is 4.72 Å². The first-order valence-corrected chi connectivity index (χ1v) is 8.08. The molecular weight excluding hydrogens is 288 g/mol. The van der Waals surface area contributed by atoms with E-state index in [1.807, 2.05) is 13.8 Å². The molecule has 0 bridgehead atoms. The molecule has 0 aromatic carbocycles. The third kappa shape index (κ3) is 2.52. The normalized spacial score (nSPS) is 26.7. The fourth-order valence-electron chi connectivity index (χ4n) is 2.47. The molecule has 1 saturated heterocycles. The van der Waals surface area contributed by atoms with E-state index in [4.69, 9.17) is 0 Å². The predicted octanol–water partition coefficient (Wildman–Crippen LogP) is 0.837. The highest BCUT2D eigenvalue weighted by atomic mass is 32.2. The topological polar surface area (TPSA) is 95.4 Å². The van der Waals surface area contributed by atoms with Gasteiger partial charge in [0, 0.05) is 11.6 Å². The molecule has 2 N–H and O–H groups in total. The maximum atomic E-state index is 12.1. The third-order valence-corrected chi connectivity index (χ3v) is 5.53. The summed E-state index contributed by atoms with van der Waals surface area (Å²) < 4.78 is 34.3.